The quantitative estimate of drug-likeness (QED) is 0.863. The van der Waals surface area contributed by atoms with Crippen LogP contribution in [0.5, 0.6) is 0 Å². The van der Waals surface area contributed by atoms with Crippen LogP contribution in [0.3, 0.4) is 0 Å². The van der Waals surface area contributed by atoms with Gasteiger partial charge in [-0.05, 0) is 25.0 Å². The second kappa shape index (κ2) is 4.77. The van der Waals surface area contributed by atoms with E-state index in [0.29, 0.717) is 18.5 Å². The molecule has 3 nitrogen and oxygen atoms in total. The lowest BCUT2D eigenvalue weighted by Crippen LogP contribution is -2.33. The predicted octanol–water partition coefficient (Wildman–Crippen LogP) is 2.85. The van der Waals surface area contributed by atoms with Gasteiger partial charge in [-0.3, -0.25) is 9.78 Å². The fourth-order valence-electron chi connectivity index (χ4n) is 2.08. The van der Waals surface area contributed by atoms with E-state index in [9.17, 15) is 13.6 Å². The van der Waals surface area contributed by atoms with E-state index in [0.717, 1.165) is 0 Å². The monoisotopic (exact) mass is 240 g/mol. The van der Waals surface area contributed by atoms with Crippen LogP contribution < -0.4 is 5.32 Å². The molecule has 0 aromatic carbocycles. The molecule has 2 rings (SSSR count). The lowest BCUT2D eigenvalue weighted by Gasteiger charge is -2.27. The third-order valence-corrected chi connectivity index (χ3v) is 2.94. The average Bonchev–Trinajstić information content (AvgIpc) is 2.29. The Balaban J connectivity index is 1.96. The first-order chi connectivity index (χ1) is 8.07. The van der Waals surface area contributed by atoms with Crippen molar-refractivity contribution in [2.45, 2.75) is 31.6 Å². The summed E-state index contributed by atoms with van der Waals surface area (Å²) < 4.78 is 26.3. The summed E-state index contributed by atoms with van der Waals surface area (Å²) in [7, 11) is 0. The van der Waals surface area contributed by atoms with Gasteiger partial charge in [0.2, 0.25) is 11.8 Å². The summed E-state index contributed by atoms with van der Waals surface area (Å²) in [6.07, 6.45) is 3.56. The molecule has 0 spiro atoms. The maximum atomic E-state index is 13.2. The summed E-state index contributed by atoms with van der Waals surface area (Å²) in [5.41, 5.74) is 0.548. The lowest BCUT2D eigenvalue weighted by atomic mass is 9.86. The number of hydrogen-bond acceptors (Lipinski definition) is 2. The standard InChI is InChI=1S/C12H14F2N2O/c13-12(14)5-1-3-9(7-12)11(17)16-10-4-2-6-15-8-10/h2,4,6,8-9H,1,3,5,7H2,(H,16,17)/t9-/m0/s1. The van der Waals surface area contributed by atoms with E-state index in [-0.39, 0.29) is 18.7 Å². The Hall–Kier alpha value is -1.52. The van der Waals surface area contributed by atoms with Crippen LogP contribution in [0.1, 0.15) is 25.7 Å². The molecule has 1 aromatic heterocycles. The Bertz CT molecular complexity index is 395. The molecular formula is C12H14F2N2O. The number of aromatic nitrogens is 1. The molecule has 1 N–H and O–H groups in total. The summed E-state index contributed by atoms with van der Waals surface area (Å²) in [5.74, 6) is -3.63. The van der Waals surface area contributed by atoms with Crippen molar-refractivity contribution < 1.29 is 13.6 Å². The smallest absolute Gasteiger partial charge is 0.248 e. The van der Waals surface area contributed by atoms with E-state index >= 15 is 0 Å². The Morgan fingerprint density at radius 3 is 3.00 bits per heavy atom. The molecule has 1 aromatic rings. The number of amides is 1. The minimum atomic E-state index is -2.70. The minimum Gasteiger partial charge on any atom is -0.324 e. The van der Waals surface area contributed by atoms with Gasteiger partial charge in [-0.2, -0.15) is 0 Å². The predicted molar refractivity (Wildman–Crippen MR) is 59.8 cm³/mol. The van der Waals surface area contributed by atoms with Gasteiger partial charge in [0.15, 0.2) is 0 Å². The molecule has 0 unspecified atom stereocenters. The van der Waals surface area contributed by atoms with Crippen LogP contribution in [0.15, 0.2) is 24.5 Å². The summed E-state index contributed by atoms with van der Waals surface area (Å²) in [6, 6.07) is 3.37. The van der Waals surface area contributed by atoms with E-state index < -0.39 is 11.8 Å². The van der Waals surface area contributed by atoms with Gasteiger partial charge in [0.25, 0.3) is 0 Å². The first-order valence-electron chi connectivity index (χ1n) is 5.65. The van der Waals surface area contributed by atoms with Crippen molar-refractivity contribution in [1.82, 2.24) is 4.98 Å². The molecule has 1 fully saturated rings. The van der Waals surface area contributed by atoms with Crippen LogP contribution in [-0.4, -0.2) is 16.8 Å². The number of alkyl halides is 2. The number of pyridine rings is 1. The zero-order chi connectivity index (χ0) is 12.3. The van der Waals surface area contributed by atoms with Crippen LogP contribution in [0, 0.1) is 5.92 Å². The fraction of sp³-hybridized carbons (Fsp3) is 0.500. The number of halogens is 2. The van der Waals surface area contributed by atoms with Gasteiger partial charge in [-0.15, -0.1) is 0 Å². The Kier molecular flexibility index (Phi) is 3.36. The van der Waals surface area contributed by atoms with Gasteiger partial charge in [-0.1, -0.05) is 0 Å². The number of carbonyl (C=O) groups excluding carboxylic acids is 1. The summed E-state index contributed by atoms with van der Waals surface area (Å²) >= 11 is 0. The zero-order valence-electron chi connectivity index (χ0n) is 9.33. The molecule has 5 heteroatoms. The Labute approximate surface area is 98.2 Å². The van der Waals surface area contributed by atoms with Gasteiger partial charge in [0.05, 0.1) is 11.9 Å². The third kappa shape index (κ3) is 3.22. The van der Waals surface area contributed by atoms with Crippen molar-refractivity contribution in [3.63, 3.8) is 0 Å². The second-order valence-corrected chi connectivity index (χ2v) is 4.38. The van der Waals surface area contributed by atoms with Crippen molar-refractivity contribution in [3.8, 4) is 0 Å². The van der Waals surface area contributed by atoms with Gasteiger partial charge < -0.3 is 5.32 Å². The molecule has 1 aliphatic rings. The summed E-state index contributed by atoms with van der Waals surface area (Å²) in [4.78, 5) is 15.6. The highest BCUT2D eigenvalue weighted by Crippen LogP contribution is 2.36. The summed E-state index contributed by atoms with van der Waals surface area (Å²) in [5, 5.41) is 2.61. The van der Waals surface area contributed by atoms with Crippen LogP contribution in [0.4, 0.5) is 14.5 Å². The topological polar surface area (TPSA) is 42.0 Å². The van der Waals surface area contributed by atoms with Gasteiger partial charge in [0.1, 0.15) is 0 Å². The van der Waals surface area contributed by atoms with E-state index in [2.05, 4.69) is 10.3 Å². The Morgan fingerprint density at radius 1 is 1.53 bits per heavy atom. The van der Waals surface area contributed by atoms with Crippen molar-refractivity contribution >= 4 is 11.6 Å². The van der Waals surface area contributed by atoms with Crippen molar-refractivity contribution in [2.75, 3.05) is 5.32 Å². The van der Waals surface area contributed by atoms with Crippen LogP contribution in [-0.2, 0) is 4.79 Å². The molecule has 1 atom stereocenters. The second-order valence-electron chi connectivity index (χ2n) is 4.38. The maximum Gasteiger partial charge on any atom is 0.248 e. The summed E-state index contributed by atoms with van der Waals surface area (Å²) in [6.45, 7) is 0. The van der Waals surface area contributed by atoms with E-state index in [1.165, 1.54) is 6.20 Å². The van der Waals surface area contributed by atoms with E-state index in [4.69, 9.17) is 0 Å². The molecule has 0 radical (unpaired) electrons. The molecule has 0 bridgehead atoms. The number of rotatable bonds is 2. The van der Waals surface area contributed by atoms with Crippen molar-refractivity contribution in [1.29, 1.82) is 0 Å². The highest BCUT2D eigenvalue weighted by Gasteiger charge is 2.39. The van der Waals surface area contributed by atoms with Gasteiger partial charge in [0, 0.05) is 25.0 Å². The number of nitrogens with one attached hydrogen (secondary N) is 1. The first kappa shape index (κ1) is 12.0. The van der Waals surface area contributed by atoms with Crippen molar-refractivity contribution in [2.24, 2.45) is 5.92 Å². The maximum absolute atomic E-state index is 13.2. The number of hydrogen-bond donors (Lipinski definition) is 1. The molecule has 1 aliphatic carbocycles. The molecular weight excluding hydrogens is 226 g/mol. The number of nitrogens with zero attached hydrogens (tertiary/aromatic N) is 1. The molecule has 1 heterocycles. The molecule has 0 saturated heterocycles. The molecule has 92 valence electrons. The molecule has 0 aliphatic heterocycles. The van der Waals surface area contributed by atoms with Gasteiger partial charge in [-0.25, -0.2) is 8.78 Å². The minimum absolute atomic E-state index is 0.107. The zero-order valence-corrected chi connectivity index (χ0v) is 9.33. The van der Waals surface area contributed by atoms with Crippen molar-refractivity contribution in [3.05, 3.63) is 24.5 Å². The fourth-order valence-corrected chi connectivity index (χ4v) is 2.08. The lowest BCUT2D eigenvalue weighted by molar-refractivity contribution is -0.127. The van der Waals surface area contributed by atoms with Crippen LogP contribution in [0.25, 0.3) is 0 Å². The highest BCUT2D eigenvalue weighted by molar-refractivity contribution is 5.92. The first-order valence-corrected chi connectivity index (χ1v) is 5.65. The molecule has 1 saturated carbocycles. The van der Waals surface area contributed by atoms with E-state index in [1.54, 1.807) is 18.3 Å². The van der Waals surface area contributed by atoms with Crippen LogP contribution in [0.2, 0.25) is 0 Å². The largest absolute Gasteiger partial charge is 0.324 e. The average molecular weight is 240 g/mol. The highest BCUT2D eigenvalue weighted by atomic mass is 19.3. The molecule has 1 amide bonds. The normalized spacial score (nSPS) is 23.1. The SMILES string of the molecule is O=C(Nc1cccnc1)[C@H]1CCCC(F)(F)C1. The Morgan fingerprint density at radius 2 is 2.35 bits per heavy atom. The third-order valence-electron chi connectivity index (χ3n) is 2.94. The van der Waals surface area contributed by atoms with Gasteiger partial charge >= 0.3 is 0 Å². The number of anilines is 1. The molecule has 17 heavy (non-hydrogen) atoms. The van der Waals surface area contributed by atoms with Crippen LogP contribution >= 0.6 is 0 Å². The van der Waals surface area contributed by atoms with E-state index in [1.807, 2.05) is 0 Å². The number of carbonyl (C=O) groups is 1.